The number of hydrogen-bond acceptors (Lipinski definition) is 4. The van der Waals surface area contributed by atoms with Crippen LogP contribution in [0.5, 0.6) is 0 Å². The standard InChI is InChI=1S/C12H21N3O2S.ClH/c1-8-9(2)18-11(17)15(8)6-5-10(16)14-7-12(3,4)13;/h5-7,13H2,1-4H3,(H,14,16);1H. The van der Waals surface area contributed by atoms with E-state index in [1.54, 1.807) is 4.57 Å². The number of nitrogens with one attached hydrogen (secondary N) is 1. The van der Waals surface area contributed by atoms with Crippen molar-refractivity contribution in [3.05, 3.63) is 20.2 Å². The molecule has 0 unspecified atom stereocenters. The molecule has 0 fully saturated rings. The molecule has 0 aliphatic heterocycles. The van der Waals surface area contributed by atoms with Crippen LogP contribution in [0.1, 0.15) is 30.8 Å². The Kier molecular flexibility index (Phi) is 6.76. The van der Waals surface area contributed by atoms with Gasteiger partial charge in [0.15, 0.2) is 0 Å². The van der Waals surface area contributed by atoms with Crippen LogP contribution in [-0.2, 0) is 11.3 Å². The highest BCUT2D eigenvalue weighted by atomic mass is 35.5. The maximum absolute atomic E-state index is 11.6. The van der Waals surface area contributed by atoms with Crippen molar-refractivity contribution in [2.45, 2.75) is 46.2 Å². The average Bonchev–Trinajstić information content (AvgIpc) is 2.47. The van der Waals surface area contributed by atoms with E-state index in [1.807, 2.05) is 27.7 Å². The Morgan fingerprint density at radius 1 is 1.42 bits per heavy atom. The molecule has 0 saturated carbocycles. The summed E-state index contributed by atoms with van der Waals surface area (Å²) in [5, 5.41) is 2.76. The summed E-state index contributed by atoms with van der Waals surface area (Å²) in [6.45, 7) is 8.37. The van der Waals surface area contributed by atoms with Crippen molar-refractivity contribution < 1.29 is 4.79 Å². The van der Waals surface area contributed by atoms with Crippen molar-refractivity contribution in [2.75, 3.05) is 6.54 Å². The Hall–Kier alpha value is -0.850. The van der Waals surface area contributed by atoms with Crippen LogP contribution in [0, 0.1) is 13.8 Å². The van der Waals surface area contributed by atoms with Crippen molar-refractivity contribution in [2.24, 2.45) is 5.73 Å². The van der Waals surface area contributed by atoms with E-state index in [0.29, 0.717) is 19.5 Å². The van der Waals surface area contributed by atoms with Gasteiger partial charge in [-0.05, 0) is 27.7 Å². The number of aromatic nitrogens is 1. The summed E-state index contributed by atoms with van der Waals surface area (Å²) in [4.78, 5) is 24.2. The SMILES string of the molecule is Cc1sc(=O)n(CCC(=O)NCC(C)(C)N)c1C.Cl. The Morgan fingerprint density at radius 2 is 2.00 bits per heavy atom. The van der Waals surface area contributed by atoms with E-state index in [0.717, 1.165) is 10.6 Å². The quantitative estimate of drug-likeness (QED) is 0.858. The molecule has 19 heavy (non-hydrogen) atoms. The first-order valence-electron chi connectivity index (χ1n) is 5.93. The number of carbonyl (C=O) groups is 1. The van der Waals surface area contributed by atoms with Gasteiger partial charge in [0, 0.05) is 35.6 Å². The molecule has 1 aromatic heterocycles. The Bertz CT molecular complexity index is 488. The number of aryl methyl sites for hydroxylation is 1. The minimum absolute atomic E-state index is 0. The first-order chi connectivity index (χ1) is 8.20. The number of nitrogens with zero attached hydrogens (tertiary/aromatic N) is 1. The molecule has 7 heteroatoms. The lowest BCUT2D eigenvalue weighted by molar-refractivity contribution is -0.121. The highest BCUT2D eigenvalue weighted by Gasteiger charge is 2.13. The van der Waals surface area contributed by atoms with E-state index in [-0.39, 0.29) is 23.2 Å². The largest absolute Gasteiger partial charge is 0.354 e. The smallest absolute Gasteiger partial charge is 0.307 e. The summed E-state index contributed by atoms with van der Waals surface area (Å²) in [7, 11) is 0. The monoisotopic (exact) mass is 307 g/mol. The lowest BCUT2D eigenvalue weighted by Crippen LogP contribution is -2.45. The summed E-state index contributed by atoms with van der Waals surface area (Å²) < 4.78 is 1.65. The van der Waals surface area contributed by atoms with Gasteiger partial charge in [-0.25, -0.2) is 0 Å². The maximum atomic E-state index is 11.6. The van der Waals surface area contributed by atoms with Crippen LogP contribution in [0.25, 0.3) is 0 Å². The fraction of sp³-hybridized carbons (Fsp3) is 0.667. The molecule has 3 N–H and O–H groups in total. The predicted octanol–water partition coefficient (Wildman–Crippen LogP) is 1.19. The van der Waals surface area contributed by atoms with E-state index in [2.05, 4.69) is 5.32 Å². The van der Waals surface area contributed by atoms with Gasteiger partial charge in [0.05, 0.1) is 0 Å². The Morgan fingerprint density at radius 3 is 2.42 bits per heavy atom. The third-order valence-corrected chi connectivity index (χ3v) is 3.68. The topological polar surface area (TPSA) is 77.1 Å². The number of thiazole rings is 1. The van der Waals surface area contributed by atoms with Gasteiger partial charge < -0.3 is 15.6 Å². The van der Waals surface area contributed by atoms with Gasteiger partial charge in [0.25, 0.3) is 0 Å². The van der Waals surface area contributed by atoms with Crippen LogP contribution in [0.3, 0.4) is 0 Å². The van der Waals surface area contributed by atoms with Gasteiger partial charge in [-0.15, -0.1) is 12.4 Å². The molecule has 5 nitrogen and oxygen atoms in total. The maximum Gasteiger partial charge on any atom is 0.307 e. The molecule has 110 valence electrons. The first-order valence-corrected chi connectivity index (χ1v) is 6.75. The Labute approximate surface area is 123 Å². The summed E-state index contributed by atoms with van der Waals surface area (Å²) in [5.74, 6) is -0.0799. The highest BCUT2D eigenvalue weighted by molar-refractivity contribution is 7.09. The second-order valence-corrected chi connectivity index (χ2v) is 6.34. The second-order valence-electron chi connectivity index (χ2n) is 5.18. The number of hydrogen-bond donors (Lipinski definition) is 2. The van der Waals surface area contributed by atoms with Gasteiger partial charge in [0.2, 0.25) is 5.91 Å². The molecule has 0 saturated heterocycles. The average molecular weight is 308 g/mol. The van der Waals surface area contributed by atoms with Crippen LogP contribution in [0.2, 0.25) is 0 Å². The van der Waals surface area contributed by atoms with E-state index in [9.17, 15) is 9.59 Å². The fourth-order valence-electron chi connectivity index (χ4n) is 1.47. The third-order valence-electron chi connectivity index (χ3n) is 2.68. The molecular formula is C12H22ClN3O2S. The molecule has 0 spiro atoms. The van der Waals surface area contributed by atoms with Gasteiger partial charge in [-0.2, -0.15) is 0 Å². The number of halogens is 1. The van der Waals surface area contributed by atoms with Crippen LogP contribution >= 0.6 is 23.7 Å². The third kappa shape index (κ3) is 5.76. The fourth-order valence-corrected chi connectivity index (χ4v) is 2.33. The Balaban J connectivity index is 0.00000324. The van der Waals surface area contributed by atoms with E-state index in [4.69, 9.17) is 5.73 Å². The molecule has 0 atom stereocenters. The van der Waals surface area contributed by atoms with Gasteiger partial charge in [0.1, 0.15) is 0 Å². The zero-order valence-corrected chi connectivity index (χ0v) is 13.4. The summed E-state index contributed by atoms with van der Waals surface area (Å²) in [5.41, 5.74) is 6.30. The zero-order chi connectivity index (χ0) is 13.9. The van der Waals surface area contributed by atoms with E-state index < -0.39 is 5.54 Å². The summed E-state index contributed by atoms with van der Waals surface area (Å²) in [6.07, 6.45) is 0.299. The molecule has 1 amide bonds. The van der Waals surface area contributed by atoms with Crippen LogP contribution in [0.4, 0.5) is 0 Å². The molecule has 0 aliphatic carbocycles. The van der Waals surface area contributed by atoms with Gasteiger partial charge in [-0.1, -0.05) is 11.3 Å². The number of nitrogens with two attached hydrogens (primary N) is 1. The predicted molar refractivity (Wildman–Crippen MR) is 81.2 cm³/mol. The number of rotatable bonds is 5. The first kappa shape index (κ1) is 18.1. The molecule has 1 heterocycles. The zero-order valence-electron chi connectivity index (χ0n) is 11.8. The van der Waals surface area contributed by atoms with E-state index >= 15 is 0 Å². The lowest BCUT2D eigenvalue weighted by Gasteiger charge is -2.18. The van der Waals surface area contributed by atoms with Gasteiger partial charge in [-0.3, -0.25) is 9.59 Å². The number of carbonyl (C=O) groups excluding carboxylic acids is 1. The van der Waals surface area contributed by atoms with Crippen LogP contribution < -0.4 is 15.9 Å². The molecule has 1 aromatic rings. The van der Waals surface area contributed by atoms with Crippen molar-refractivity contribution in [1.29, 1.82) is 0 Å². The van der Waals surface area contributed by atoms with Crippen LogP contribution in [0.15, 0.2) is 4.79 Å². The molecule has 1 rings (SSSR count). The molecule has 0 aromatic carbocycles. The van der Waals surface area contributed by atoms with Crippen LogP contribution in [-0.4, -0.2) is 22.6 Å². The van der Waals surface area contributed by atoms with Crippen molar-refractivity contribution in [3.8, 4) is 0 Å². The molecule has 0 radical (unpaired) electrons. The second kappa shape index (κ2) is 7.07. The normalized spacial score (nSPS) is 11.0. The minimum Gasteiger partial charge on any atom is -0.354 e. The van der Waals surface area contributed by atoms with E-state index in [1.165, 1.54) is 11.3 Å². The summed E-state index contributed by atoms with van der Waals surface area (Å²) in [6, 6.07) is 0. The molecule has 0 bridgehead atoms. The summed E-state index contributed by atoms with van der Waals surface area (Å²) >= 11 is 1.22. The minimum atomic E-state index is -0.415. The molecular weight excluding hydrogens is 286 g/mol. The van der Waals surface area contributed by atoms with Crippen molar-refractivity contribution in [3.63, 3.8) is 0 Å². The molecule has 0 aliphatic rings. The van der Waals surface area contributed by atoms with Crippen molar-refractivity contribution in [1.82, 2.24) is 9.88 Å². The number of amides is 1. The van der Waals surface area contributed by atoms with Crippen molar-refractivity contribution >= 4 is 29.7 Å². The lowest BCUT2D eigenvalue weighted by atomic mass is 10.1. The van der Waals surface area contributed by atoms with Gasteiger partial charge >= 0.3 is 4.87 Å². The highest BCUT2D eigenvalue weighted by Crippen LogP contribution is 2.09.